The molecule has 0 heterocycles. The summed E-state index contributed by atoms with van der Waals surface area (Å²) in [6.07, 6.45) is 0. The van der Waals surface area contributed by atoms with Gasteiger partial charge in [-0.15, -0.1) is 0 Å². The second-order valence-corrected chi connectivity index (χ2v) is 6.93. The number of carbonyl (C=O) groups excluding carboxylic acids is 2. The van der Waals surface area contributed by atoms with Gasteiger partial charge in [0.25, 0.3) is 15.9 Å². The molecule has 0 unspecified atom stereocenters. The van der Waals surface area contributed by atoms with Crippen LogP contribution >= 0.6 is 0 Å². The number of hydrogen-bond acceptors (Lipinski definition) is 7. The van der Waals surface area contributed by atoms with E-state index in [1.165, 1.54) is 48.5 Å². The number of nitro groups is 1. The Hall–Kier alpha value is -3.47. The van der Waals surface area contributed by atoms with Crippen molar-refractivity contribution in [2.75, 3.05) is 11.9 Å². The number of nitrogens with one attached hydrogen (secondary N) is 2. The van der Waals surface area contributed by atoms with E-state index in [2.05, 4.69) is 5.32 Å². The second-order valence-electron chi connectivity index (χ2n) is 5.25. The molecule has 0 spiro atoms. The molecule has 0 saturated heterocycles. The maximum atomic E-state index is 11.9. The van der Waals surface area contributed by atoms with Gasteiger partial charge < -0.3 is 10.1 Å². The van der Waals surface area contributed by atoms with Crippen LogP contribution in [0.1, 0.15) is 6.92 Å². The average molecular weight is 393 g/mol. The van der Waals surface area contributed by atoms with Crippen molar-refractivity contribution in [2.45, 2.75) is 11.8 Å². The number of rotatable bonds is 7. The number of hydrogen-bond donors (Lipinski definition) is 2. The molecule has 2 rings (SSSR count). The molecule has 10 nitrogen and oxygen atoms in total. The maximum absolute atomic E-state index is 11.9. The van der Waals surface area contributed by atoms with Crippen LogP contribution in [0.3, 0.4) is 0 Å². The van der Waals surface area contributed by atoms with Gasteiger partial charge in [-0.3, -0.25) is 19.7 Å². The zero-order valence-electron chi connectivity index (χ0n) is 14.0. The molecule has 2 N–H and O–H groups in total. The van der Waals surface area contributed by atoms with E-state index in [0.29, 0.717) is 0 Å². The Labute approximate surface area is 154 Å². The first kappa shape index (κ1) is 19.8. The third-order valence-electron chi connectivity index (χ3n) is 3.15. The molecule has 0 aliphatic heterocycles. The molecule has 0 saturated carbocycles. The molecule has 0 aromatic heterocycles. The highest BCUT2D eigenvalue weighted by atomic mass is 32.2. The van der Waals surface area contributed by atoms with Crippen LogP contribution in [0.2, 0.25) is 0 Å². The Morgan fingerprint density at radius 2 is 1.74 bits per heavy atom. The fourth-order valence-corrected chi connectivity index (χ4v) is 3.03. The van der Waals surface area contributed by atoms with Crippen molar-refractivity contribution < 1.29 is 27.7 Å². The predicted octanol–water partition coefficient (Wildman–Crippen LogP) is 1.44. The molecular weight excluding hydrogens is 378 g/mol. The summed E-state index contributed by atoms with van der Waals surface area (Å²) < 4.78 is 30.6. The summed E-state index contributed by atoms with van der Waals surface area (Å²) in [6.45, 7) is 0.597. The van der Waals surface area contributed by atoms with Crippen LogP contribution in [-0.2, 0) is 19.6 Å². The zero-order valence-corrected chi connectivity index (χ0v) is 14.9. The zero-order chi connectivity index (χ0) is 20.0. The summed E-state index contributed by atoms with van der Waals surface area (Å²) in [4.78, 5) is 32.9. The Bertz CT molecular complexity index is 972. The molecule has 11 heteroatoms. The third kappa shape index (κ3) is 5.51. The number of para-hydroxylation sites is 2. The summed E-state index contributed by atoms with van der Waals surface area (Å²) in [5.74, 6) is -1.36. The predicted molar refractivity (Wildman–Crippen MR) is 94.7 cm³/mol. The largest absolute Gasteiger partial charge is 0.477 e. The van der Waals surface area contributed by atoms with Gasteiger partial charge >= 0.3 is 5.69 Å². The average Bonchev–Trinajstić information content (AvgIpc) is 2.59. The molecule has 2 amide bonds. The quantitative estimate of drug-likeness (QED) is 0.535. The minimum absolute atomic E-state index is 0.0469. The summed E-state index contributed by atoms with van der Waals surface area (Å²) in [6, 6.07) is 10.7. The fourth-order valence-electron chi connectivity index (χ4n) is 2.04. The van der Waals surface area contributed by atoms with Gasteiger partial charge in [0.2, 0.25) is 5.91 Å². The number of nitro benzene ring substituents is 1. The van der Waals surface area contributed by atoms with Crippen LogP contribution in [0.15, 0.2) is 53.4 Å². The highest BCUT2D eigenvalue weighted by Crippen LogP contribution is 2.25. The third-order valence-corrected chi connectivity index (χ3v) is 4.60. The van der Waals surface area contributed by atoms with E-state index in [0.717, 1.165) is 6.92 Å². The minimum atomic E-state index is -3.96. The van der Waals surface area contributed by atoms with E-state index >= 15 is 0 Å². The molecular formula is C16H15N3O7S. The molecule has 0 bridgehead atoms. The number of benzene rings is 2. The van der Waals surface area contributed by atoms with E-state index in [9.17, 15) is 28.1 Å². The van der Waals surface area contributed by atoms with Crippen molar-refractivity contribution in [3.05, 3.63) is 58.6 Å². The van der Waals surface area contributed by atoms with Gasteiger partial charge in [-0.25, -0.2) is 13.1 Å². The molecule has 0 aliphatic carbocycles. The number of anilines is 1. The highest BCUT2D eigenvalue weighted by Gasteiger charge is 2.16. The van der Waals surface area contributed by atoms with Gasteiger partial charge in [0.1, 0.15) is 0 Å². The van der Waals surface area contributed by atoms with Gasteiger partial charge in [0, 0.05) is 18.7 Å². The van der Waals surface area contributed by atoms with Crippen LogP contribution in [0.4, 0.5) is 11.4 Å². The Morgan fingerprint density at radius 3 is 2.33 bits per heavy atom. The van der Waals surface area contributed by atoms with Gasteiger partial charge in [0.05, 0.1) is 9.82 Å². The van der Waals surface area contributed by atoms with Gasteiger partial charge in [-0.1, -0.05) is 12.1 Å². The lowest BCUT2D eigenvalue weighted by atomic mass is 10.3. The van der Waals surface area contributed by atoms with Crippen molar-refractivity contribution >= 4 is 33.2 Å². The minimum Gasteiger partial charge on any atom is -0.477 e. The van der Waals surface area contributed by atoms with E-state index in [1.54, 1.807) is 0 Å². The molecule has 0 aliphatic rings. The first-order valence-electron chi connectivity index (χ1n) is 7.48. The topological polar surface area (TPSA) is 145 Å². The molecule has 142 valence electrons. The molecule has 2 aromatic rings. The first-order valence-corrected chi connectivity index (χ1v) is 8.97. The Balaban J connectivity index is 1.99. The van der Waals surface area contributed by atoms with Crippen LogP contribution in [0.5, 0.6) is 5.75 Å². The van der Waals surface area contributed by atoms with Crippen molar-refractivity contribution in [2.24, 2.45) is 0 Å². The van der Waals surface area contributed by atoms with Crippen molar-refractivity contribution in [3.8, 4) is 5.75 Å². The van der Waals surface area contributed by atoms with Crippen LogP contribution in [0.25, 0.3) is 0 Å². The molecule has 27 heavy (non-hydrogen) atoms. The SMILES string of the molecule is CC(=O)NS(=O)(=O)c1ccc(NC(=O)COc2ccccc2[N+](=O)[O-])cc1. The first-order chi connectivity index (χ1) is 12.7. The molecule has 0 fully saturated rings. The smallest absolute Gasteiger partial charge is 0.310 e. The van der Waals surface area contributed by atoms with E-state index in [4.69, 9.17) is 4.74 Å². The van der Waals surface area contributed by atoms with Gasteiger partial charge in [-0.05, 0) is 30.3 Å². The highest BCUT2D eigenvalue weighted by molar-refractivity contribution is 7.90. The van der Waals surface area contributed by atoms with E-state index in [1.807, 2.05) is 4.72 Å². The molecule has 2 aromatic carbocycles. The van der Waals surface area contributed by atoms with Gasteiger partial charge in [-0.2, -0.15) is 0 Å². The summed E-state index contributed by atoms with van der Waals surface area (Å²) in [5, 5.41) is 13.4. The van der Waals surface area contributed by atoms with E-state index in [-0.39, 0.29) is 22.0 Å². The van der Waals surface area contributed by atoms with Crippen molar-refractivity contribution in [3.63, 3.8) is 0 Å². The Morgan fingerprint density at radius 1 is 1.11 bits per heavy atom. The monoisotopic (exact) mass is 393 g/mol. The van der Waals surface area contributed by atoms with Crippen LogP contribution < -0.4 is 14.8 Å². The number of ether oxygens (including phenoxy) is 1. The molecule has 0 atom stereocenters. The lowest BCUT2D eigenvalue weighted by Crippen LogP contribution is -2.28. The van der Waals surface area contributed by atoms with E-state index < -0.39 is 33.4 Å². The Kier molecular flexibility index (Phi) is 6.08. The second kappa shape index (κ2) is 8.27. The number of carbonyl (C=O) groups is 2. The number of amides is 2. The normalized spacial score (nSPS) is 10.7. The van der Waals surface area contributed by atoms with Crippen LogP contribution in [0, 0.1) is 10.1 Å². The summed E-state index contributed by atoms with van der Waals surface area (Å²) in [7, 11) is -3.96. The standard InChI is InChI=1S/C16H15N3O7S/c1-11(20)18-27(24,25)13-8-6-12(7-9-13)17-16(21)10-26-15-5-3-2-4-14(15)19(22)23/h2-9H,10H2,1H3,(H,17,21)(H,18,20). The van der Waals surface area contributed by atoms with Crippen LogP contribution in [-0.4, -0.2) is 31.8 Å². The lowest BCUT2D eigenvalue weighted by molar-refractivity contribution is -0.385. The van der Waals surface area contributed by atoms with Crippen molar-refractivity contribution in [1.29, 1.82) is 0 Å². The summed E-state index contributed by atoms with van der Waals surface area (Å²) >= 11 is 0. The summed E-state index contributed by atoms with van der Waals surface area (Å²) in [5.41, 5.74) is 0.0192. The number of nitrogens with zero attached hydrogens (tertiary/aromatic N) is 1. The van der Waals surface area contributed by atoms with Gasteiger partial charge in [0.15, 0.2) is 12.4 Å². The molecule has 0 radical (unpaired) electrons. The lowest BCUT2D eigenvalue weighted by Gasteiger charge is -2.09. The fraction of sp³-hybridized carbons (Fsp3) is 0.125. The maximum Gasteiger partial charge on any atom is 0.310 e. The number of sulfonamides is 1. The van der Waals surface area contributed by atoms with Crippen molar-refractivity contribution in [1.82, 2.24) is 4.72 Å².